The van der Waals surface area contributed by atoms with Crippen LogP contribution in [0.5, 0.6) is 5.75 Å². The highest BCUT2D eigenvalue weighted by Crippen LogP contribution is 2.27. The van der Waals surface area contributed by atoms with E-state index in [1.807, 2.05) is 77.4 Å². The van der Waals surface area contributed by atoms with Crippen molar-refractivity contribution in [2.24, 2.45) is 5.10 Å². The molecule has 0 saturated heterocycles. The highest BCUT2D eigenvalue weighted by molar-refractivity contribution is 7.99. The zero-order valence-corrected chi connectivity index (χ0v) is 19.2. The van der Waals surface area contributed by atoms with E-state index in [1.54, 1.807) is 12.1 Å². The SMILES string of the molecule is C=CCc1cccc(C=NNC(=O)CSc2nnc(-c3ccccc3)n2-c2ccccc2)c1O. The zero-order chi connectivity index (χ0) is 23.8. The number of allylic oxidation sites excluding steroid dienone is 1. The first-order valence-corrected chi connectivity index (χ1v) is 11.6. The van der Waals surface area contributed by atoms with Crippen molar-refractivity contribution in [3.05, 3.63) is 103 Å². The maximum Gasteiger partial charge on any atom is 0.250 e. The maximum absolute atomic E-state index is 12.4. The van der Waals surface area contributed by atoms with Crippen LogP contribution in [0.2, 0.25) is 0 Å². The number of hydrogen-bond acceptors (Lipinski definition) is 6. The monoisotopic (exact) mass is 469 g/mol. The fourth-order valence-electron chi connectivity index (χ4n) is 3.32. The number of rotatable bonds is 9. The number of hydrazone groups is 1. The number of hydrogen-bond donors (Lipinski definition) is 2. The van der Waals surface area contributed by atoms with Crippen LogP contribution in [-0.4, -0.2) is 37.7 Å². The first-order chi connectivity index (χ1) is 16.7. The first-order valence-electron chi connectivity index (χ1n) is 10.6. The smallest absolute Gasteiger partial charge is 0.250 e. The molecule has 4 aromatic rings. The Hall–Kier alpha value is -4.17. The lowest BCUT2D eigenvalue weighted by atomic mass is 10.1. The molecule has 0 fully saturated rings. The van der Waals surface area contributed by atoms with Gasteiger partial charge in [-0.3, -0.25) is 9.36 Å². The number of carbonyl (C=O) groups is 1. The van der Waals surface area contributed by atoms with Gasteiger partial charge in [-0.15, -0.1) is 16.8 Å². The van der Waals surface area contributed by atoms with Crippen LogP contribution in [0.25, 0.3) is 17.1 Å². The van der Waals surface area contributed by atoms with E-state index in [1.165, 1.54) is 18.0 Å². The van der Waals surface area contributed by atoms with Gasteiger partial charge < -0.3 is 5.11 Å². The fraction of sp³-hybridized carbons (Fsp3) is 0.0769. The van der Waals surface area contributed by atoms with Crippen molar-refractivity contribution in [3.63, 3.8) is 0 Å². The third kappa shape index (κ3) is 5.41. The Morgan fingerprint density at radius 1 is 1.03 bits per heavy atom. The molecule has 170 valence electrons. The van der Waals surface area contributed by atoms with E-state index in [2.05, 4.69) is 27.3 Å². The minimum atomic E-state index is -0.299. The number of carbonyl (C=O) groups excluding carboxylic acids is 1. The second-order valence-corrected chi connectivity index (χ2v) is 8.22. The summed E-state index contributed by atoms with van der Waals surface area (Å²) < 4.78 is 1.93. The van der Waals surface area contributed by atoms with Crippen molar-refractivity contribution < 1.29 is 9.90 Å². The van der Waals surface area contributed by atoms with Crippen LogP contribution in [0.4, 0.5) is 0 Å². The molecule has 0 aliphatic heterocycles. The van der Waals surface area contributed by atoms with Gasteiger partial charge in [-0.1, -0.05) is 78.5 Å². The normalized spacial score (nSPS) is 10.9. The number of phenols is 1. The van der Waals surface area contributed by atoms with Crippen LogP contribution in [0.15, 0.2) is 102 Å². The summed E-state index contributed by atoms with van der Waals surface area (Å²) in [6.07, 6.45) is 3.68. The highest BCUT2D eigenvalue weighted by atomic mass is 32.2. The Morgan fingerprint density at radius 2 is 1.76 bits per heavy atom. The average molecular weight is 470 g/mol. The van der Waals surface area contributed by atoms with Crippen LogP contribution in [0, 0.1) is 0 Å². The largest absolute Gasteiger partial charge is 0.507 e. The summed E-state index contributed by atoms with van der Waals surface area (Å²) >= 11 is 1.27. The van der Waals surface area contributed by atoms with Crippen molar-refractivity contribution in [2.75, 3.05) is 5.75 Å². The molecule has 0 aliphatic carbocycles. The third-order valence-electron chi connectivity index (χ3n) is 4.92. The van der Waals surface area contributed by atoms with Gasteiger partial charge in [0.25, 0.3) is 5.91 Å². The summed E-state index contributed by atoms with van der Waals surface area (Å²) in [5, 5.41) is 23.6. The molecule has 2 N–H and O–H groups in total. The van der Waals surface area contributed by atoms with E-state index in [0.29, 0.717) is 23.0 Å². The quantitative estimate of drug-likeness (QED) is 0.162. The van der Waals surface area contributed by atoms with E-state index >= 15 is 0 Å². The molecule has 0 saturated carbocycles. The Labute approximate surface area is 201 Å². The molecule has 7 nitrogen and oxygen atoms in total. The molecule has 1 amide bonds. The molecule has 0 unspecified atom stereocenters. The lowest BCUT2D eigenvalue weighted by molar-refractivity contribution is -0.118. The second-order valence-electron chi connectivity index (χ2n) is 7.27. The Bertz CT molecular complexity index is 1300. The molecule has 3 aromatic carbocycles. The minimum absolute atomic E-state index is 0.0968. The van der Waals surface area contributed by atoms with Gasteiger partial charge in [0.15, 0.2) is 11.0 Å². The Kier molecular flexibility index (Phi) is 7.52. The molecule has 4 rings (SSSR count). The van der Waals surface area contributed by atoms with Crippen LogP contribution in [-0.2, 0) is 11.2 Å². The van der Waals surface area contributed by atoms with Gasteiger partial charge in [-0.05, 0) is 30.2 Å². The summed E-state index contributed by atoms with van der Waals surface area (Å²) in [6.45, 7) is 3.69. The third-order valence-corrected chi connectivity index (χ3v) is 5.85. The van der Waals surface area contributed by atoms with Crippen molar-refractivity contribution in [1.29, 1.82) is 0 Å². The number of nitrogens with one attached hydrogen (secondary N) is 1. The summed E-state index contributed by atoms with van der Waals surface area (Å²) in [5.74, 6) is 0.619. The highest BCUT2D eigenvalue weighted by Gasteiger charge is 2.17. The van der Waals surface area contributed by atoms with Gasteiger partial charge in [-0.2, -0.15) is 5.10 Å². The molecule has 0 bridgehead atoms. The number of aromatic nitrogens is 3. The zero-order valence-electron chi connectivity index (χ0n) is 18.3. The summed E-state index contributed by atoms with van der Waals surface area (Å²) in [4.78, 5) is 12.4. The topological polar surface area (TPSA) is 92.4 Å². The van der Waals surface area contributed by atoms with Gasteiger partial charge in [0.05, 0.1) is 12.0 Å². The number of benzene rings is 3. The molecule has 1 aromatic heterocycles. The predicted molar refractivity (Wildman–Crippen MR) is 135 cm³/mol. The molecule has 0 radical (unpaired) electrons. The van der Waals surface area contributed by atoms with E-state index in [-0.39, 0.29) is 17.4 Å². The van der Waals surface area contributed by atoms with Gasteiger partial charge in [-0.25, -0.2) is 5.43 Å². The van der Waals surface area contributed by atoms with Crippen molar-refractivity contribution in [1.82, 2.24) is 20.2 Å². The van der Waals surface area contributed by atoms with E-state index in [9.17, 15) is 9.90 Å². The summed E-state index contributed by atoms with van der Waals surface area (Å²) in [5.41, 5.74) is 5.60. The number of phenolic OH excluding ortho intramolecular Hbond substituents is 1. The molecule has 34 heavy (non-hydrogen) atoms. The molecule has 8 heteroatoms. The van der Waals surface area contributed by atoms with E-state index in [4.69, 9.17) is 0 Å². The minimum Gasteiger partial charge on any atom is -0.507 e. The van der Waals surface area contributed by atoms with Gasteiger partial charge in [0, 0.05) is 16.8 Å². The second kappa shape index (κ2) is 11.1. The van der Waals surface area contributed by atoms with E-state index in [0.717, 1.165) is 16.8 Å². The van der Waals surface area contributed by atoms with Crippen LogP contribution in [0.1, 0.15) is 11.1 Å². The average Bonchev–Trinajstić information content (AvgIpc) is 3.30. The number of amides is 1. The predicted octanol–water partition coefficient (Wildman–Crippen LogP) is 4.61. The molecule has 1 heterocycles. The standard InChI is InChI=1S/C26H23N5O2S/c1-2-10-19-13-9-14-21(24(19)33)17-27-28-23(32)18-34-26-30-29-25(20-11-5-3-6-12-20)31(26)22-15-7-4-8-16-22/h2-9,11-17,33H,1,10,18H2,(H,28,32). The number of thioether (sulfide) groups is 1. The molecule has 0 spiro atoms. The maximum atomic E-state index is 12.4. The van der Waals surface area contributed by atoms with Crippen LogP contribution in [0.3, 0.4) is 0 Å². The molecule has 0 aliphatic rings. The number of para-hydroxylation sites is 2. The summed E-state index contributed by atoms with van der Waals surface area (Å²) in [7, 11) is 0. The van der Waals surface area contributed by atoms with Crippen molar-refractivity contribution >= 4 is 23.9 Å². The Morgan fingerprint density at radius 3 is 2.50 bits per heavy atom. The van der Waals surface area contributed by atoms with Crippen molar-refractivity contribution in [2.45, 2.75) is 11.6 Å². The van der Waals surface area contributed by atoms with Crippen LogP contribution >= 0.6 is 11.8 Å². The Balaban J connectivity index is 1.46. The fourth-order valence-corrected chi connectivity index (χ4v) is 4.06. The first kappa shape index (κ1) is 23.0. The lowest BCUT2D eigenvalue weighted by Crippen LogP contribution is -2.20. The van der Waals surface area contributed by atoms with Crippen LogP contribution < -0.4 is 5.43 Å². The molecule has 0 atom stereocenters. The van der Waals surface area contributed by atoms with Crippen molar-refractivity contribution in [3.8, 4) is 22.8 Å². The molecular weight excluding hydrogens is 446 g/mol. The number of nitrogens with zero attached hydrogens (tertiary/aromatic N) is 4. The van der Waals surface area contributed by atoms with Gasteiger partial charge >= 0.3 is 0 Å². The summed E-state index contributed by atoms with van der Waals surface area (Å²) in [6, 6.07) is 24.9. The van der Waals surface area contributed by atoms with E-state index < -0.39 is 0 Å². The van der Waals surface area contributed by atoms with Gasteiger partial charge in [0.1, 0.15) is 5.75 Å². The van der Waals surface area contributed by atoms with Gasteiger partial charge in [0.2, 0.25) is 0 Å². The lowest BCUT2D eigenvalue weighted by Gasteiger charge is -2.10. The number of aromatic hydroxyl groups is 1. The molecular formula is C26H23N5O2S.